The lowest BCUT2D eigenvalue weighted by molar-refractivity contribution is 0.00284. The average molecular weight is 581 g/mol. The van der Waals surface area contributed by atoms with E-state index in [0.717, 1.165) is 32.2 Å². The third-order valence-electron chi connectivity index (χ3n) is 6.85. The maximum atomic E-state index is 12.9. The number of aliphatic hydroxyl groups is 1. The molecule has 200 valence electrons. The maximum Gasteiger partial charge on any atom is 0.217 e. The second-order valence-electron chi connectivity index (χ2n) is 9.61. The summed E-state index contributed by atoms with van der Waals surface area (Å²) in [6.45, 7) is 2.56. The van der Waals surface area contributed by atoms with Gasteiger partial charge in [-0.25, -0.2) is 4.98 Å². The fraction of sp³-hybridized carbons (Fsp3) is 0.333. The molecule has 4 rings (SSSR count). The molecular formula is C30H34BrN3O4. The van der Waals surface area contributed by atoms with Crippen LogP contribution in [0.4, 0.5) is 0 Å². The number of aryl methyl sites for hydroxylation is 1. The molecule has 2 aromatic heterocycles. The number of fused-ring (bicyclic) bond motifs is 1. The molecular weight excluding hydrogens is 546 g/mol. The molecule has 2 atom stereocenters. The summed E-state index contributed by atoms with van der Waals surface area (Å²) in [4.78, 5) is 11.4. The van der Waals surface area contributed by atoms with Gasteiger partial charge in [0.05, 0.1) is 32.8 Å². The van der Waals surface area contributed by atoms with Gasteiger partial charge in [-0.05, 0) is 63.8 Å². The van der Waals surface area contributed by atoms with Crippen molar-refractivity contribution in [3.8, 4) is 17.4 Å². The fourth-order valence-corrected chi connectivity index (χ4v) is 5.29. The molecule has 0 radical (unpaired) electrons. The van der Waals surface area contributed by atoms with Crippen molar-refractivity contribution in [1.29, 1.82) is 0 Å². The van der Waals surface area contributed by atoms with Crippen molar-refractivity contribution >= 4 is 26.8 Å². The van der Waals surface area contributed by atoms with Crippen molar-refractivity contribution in [3.05, 3.63) is 87.7 Å². The van der Waals surface area contributed by atoms with Crippen molar-refractivity contribution in [2.45, 2.75) is 24.9 Å². The minimum absolute atomic E-state index is 0.412. The molecule has 0 bridgehead atoms. The Morgan fingerprint density at radius 3 is 2.39 bits per heavy atom. The molecule has 0 saturated carbocycles. The predicted molar refractivity (Wildman–Crippen MR) is 153 cm³/mol. The molecule has 0 aliphatic heterocycles. The Bertz CT molecular complexity index is 1410. The van der Waals surface area contributed by atoms with E-state index < -0.39 is 11.5 Å². The van der Waals surface area contributed by atoms with E-state index in [0.29, 0.717) is 35.9 Å². The Labute approximate surface area is 232 Å². The molecule has 2 unspecified atom stereocenters. The summed E-state index contributed by atoms with van der Waals surface area (Å²) in [5.41, 5.74) is 2.43. The van der Waals surface area contributed by atoms with Crippen LogP contribution in [0.2, 0.25) is 0 Å². The summed E-state index contributed by atoms with van der Waals surface area (Å²) in [6, 6.07) is 17.5. The van der Waals surface area contributed by atoms with Crippen molar-refractivity contribution in [2.75, 3.05) is 42.0 Å². The Morgan fingerprint density at radius 2 is 1.76 bits per heavy atom. The van der Waals surface area contributed by atoms with Crippen LogP contribution >= 0.6 is 15.9 Å². The van der Waals surface area contributed by atoms with Crippen LogP contribution in [-0.2, 0) is 5.60 Å². The molecule has 2 heterocycles. The number of aromatic nitrogens is 2. The number of para-hydroxylation sites is 1. The first-order valence-electron chi connectivity index (χ1n) is 12.4. The zero-order valence-electron chi connectivity index (χ0n) is 22.7. The zero-order valence-corrected chi connectivity index (χ0v) is 24.2. The van der Waals surface area contributed by atoms with Gasteiger partial charge in [0.1, 0.15) is 5.60 Å². The molecule has 0 spiro atoms. The molecule has 0 saturated heterocycles. The molecule has 8 heteroatoms. The third-order valence-corrected chi connectivity index (χ3v) is 7.34. The van der Waals surface area contributed by atoms with Gasteiger partial charge in [0.25, 0.3) is 0 Å². The van der Waals surface area contributed by atoms with Gasteiger partial charge in [0.15, 0.2) is 11.5 Å². The molecule has 0 fully saturated rings. The molecule has 7 nitrogen and oxygen atoms in total. The van der Waals surface area contributed by atoms with Crippen molar-refractivity contribution in [2.24, 2.45) is 0 Å². The summed E-state index contributed by atoms with van der Waals surface area (Å²) in [5, 5.41) is 13.8. The van der Waals surface area contributed by atoms with E-state index in [1.54, 1.807) is 27.5 Å². The van der Waals surface area contributed by atoms with Crippen LogP contribution in [0.15, 0.2) is 65.3 Å². The lowest BCUT2D eigenvalue weighted by Gasteiger charge is -2.39. The topological polar surface area (TPSA) is 76.9 Å². The Hall–Kier alpha value is -3.20. The third kappa shape index (κ3) is 5.48. The van der Waals surface area contributed by atoms with Gasteiger partial charge in [-0.3, -0.25) is 4.98 Å². The lowest BCUT2D eigenvalue weighted by Crippen LogP contribution is -2.38. The van der Waals surface area contributed by atoms with Crippen molar-refractivity contribution < 1.29 is 19.3 Å². The quantitative estimate of drug-likeness (QED) is 0.258. The Balaban J connectivity index is 2.10. The van der Waals surface area contributed by atoms with Crippen LogP contribution in [0.1, 0.15) is 34.7 Å². The summed E-state index contributed by atoms with van der Waals surface area (Å²) in [6.07, 6.45) is 2.16. The fourth-order valence-electron chi connectivity index (χ4n) is 4.91. The molecule has 2 aromatic carbocycles. The molecule has 0 aliphatic carbocycles. The minimum atomic E-state index is -1.40. The van der Waals surface area contributed by atoms with E-state index in [-0.39, 0.29) is 0 Å². The van der Waals surface area contributed by atoms with Crippen LogP contribution < -0.4 is 14.2 Å². The second-order valence-corrected chi connectivity index (χ2v) is 10.5. The van der Waals surface area contributed by atoms with Crippen LogP contribution in [0.5, 0.6) is 17.4 Å². The number of benzene rings is 2. The van der Waals surface area contributed by atoms with Crippen LogP contribution in [0.3, 0.4) is 0 Å². The first kappa shape index (κ1) is 27.8. The lowest BCUT2D eigenvalue weighted by atomic mass is 9.71. The van der Waals surface area contributed by atoms with Gasteiger partial charge in [-0.15, -0.1) is 0 Å². The number of ether oxygens (including phenoxy) is 3. The van der Waals surface area contributed by atoms with E-state index in [4.69, 9.17) is 19.2 Å². The summed E-state index contributed by atoms with van der Waals surface area (Å²) in [5.74, 6) is 0.906. The molecule has 4 aromatic rings. The van der Waals surface area contributed by atoms with Gasteiger partial charge < -0.3 is 24.2 Å². The highest BCUT2D eigenvalue weighted by Gasteiger charge is 2.44. The van der Waals surface area contributed by atoms with E-state index in [9.17, 15) is 5.11 Å². The molecule has 0 aliphatic rings. The number of methoxy groups -OCH3 is 3. The smallest absolute Gasteiger partial charge is 0.217 e. The average Bonchev–Trinajstić information content (AvgIpc) is 2.91. The summed E-state index contributed by atoms with van der Waals surface area (Å²) >= 11 is 3.58. The SMILES string of the molecule is COc1cccc(C(c2cc3cc(Br)ccc3nc2OC)C(O)(CCN(C)C)c2ccc(C)nc2)c1OC. The number of nitrogens with zero attached hydrogens (tertiary/aromatic N) is 3. The van der Waals surface area contributed by atoms with Crippen molar-refractivity contribution in [3.63, 3.8) is 0 Å². The Morgan fingerprint density at radius 1 is 0.974 bits per heavy atom. The molecule has 0 amide bonds. The van der Waals surface area contributed by atoms with Crippen LogP contribution in [-0.4, -0.2) is 61.9 Å². The van der Waals surface area contributed by atoms with E-state index in [1.807, 2.05) is 75.6 Å². The van der Waals surface area contributed by atoms with Gasteiger partial charge in [-0.1, -0.05) is 34.1 Å². The first-order valence-corrected chi connectivity index (χ1v) is 13.2. The highest BCUT2D eigenvalue weighted by Crippen LogP contribution is 2.51. The second kappa shape index (κ2) is 11.7. The van der Waals surface area contributed by atoms with Gasteiger partial charge in [-0.2, -0.15) is 0 Å². The zero-order chi connectivity index (χ0) is 27.4. The predicted octanol–water partition coefficient (Wildman–Crippen LogP) is 5.70. The minimum Gasteiger partial charge on any atom is -0.493 e. The Kier molecular flexibility index (Phi) is 8.55. The van der Waals surface area contributed by atoms with Gasteiger partial charge in [0, 0.05) is 45.0 Å². The highest BCUT2D eigenvalue weighted by atomic mass is 79.9. The van der Waals surface area contributed by atoms with Crippen LogP contribution in [0.25, 0.3) is 10.9 Å². The number of hydrogen-bond acceptors (Lipinski definition) is 7. The number of hydrogen-bond donors (Lipinski definition) is 1. The summed E-state index contributed by atoms with van der Waals surface area (Å²) < 4.78 is 18.3. The van der Waals surface area contributed by atoms with E-state index >= 15 is 0 Å². The molecule has 1 N–H and O–H groups in total. The summed E-state index contributed by atoms with van der Waals surface area (Å²) in [7, 11) is 8.80. The highest BCUT2D eigenvalue weighted by molar-refractivity contribution is 9.10. The van der Waals surface area contributed by atoms with E-state index in [1.165, 1.54) is 0 Å². The maximum absolute atomic E-state index is 12.9. The normalized spacial score (nSPS) is 13.8. The molecule has 38 heavy (non-hydrogen) atoms. The standard InChI is InChI=1S/C30H34BrN3O4/c1-19-10-11-21(18-32-19)30(35,14-15-34(2)3)27(23-8-7-9-26(36-4)28(23)37-5)24-17-20-16-22(31)12-13-25(20)33-29(24)38-6/h7-13,16-18,27,35H,14-15H2,1-6H3. The number of halogens is 1. The first-order chi connectivity index (χ1) is 18.2. The van der Waals surface area contributed by atoms with Crippen LogP contribution in [0, 0.1) is 6.92 Å². The number of rotatable bonds is 10. The van der Waals surface area contributed by atoms with Crippen molar-refractivity contribution in [1.82, 2.24) is 14.9 Å². The van der Waals surface area contributed by atoms with Gasteiger partial charge in [0.2, 0.25) is 5.88 Å². The largest absolute Gasteiger partial charge is 0.493 e. The monoisotopic (exact) mass is 579 g/mol. The van der Waals surface area contributed by atoms with E-state index in [2.05, 4.69) is 25.8 Å². The van der Waals surface area contributed by atoms with Gasteiger partial charge >= 0.3 is 0 Å². The number of pyridine rings is 2.